The van der Waals surface area contributed by atoms with Crippen LogP contribution in [0.3, 0.4) is 0 Å². The molecule has 21 heavy (non-hydrogen) atoms. The van der Waals surface area contributed by atoms with Crippen LogP contribution in [0.5, 0.6) is 0 Å². The van der Waals surface area contributed by atoms with Crippen molar-refractivity contribution in [1.29, 1.82) is 0 Å². The molecule has 1 saturated heterocycles. The van der Waals surface area contributed by atoms with Crippen LogP contribution in [0.1, 0.15) is 31.9 Å². The van der Waals surface area contributed by atoms with Crippen molar-refractivity contribution in [2.45, 2.75) is 32.6 Å². The largest absolute Gasteiger partial charge is 0.396 e. The fourth-order valence-electron chi connectivity index (χ4n) is 2.98. The number of aliphatic hydroxyl groups is 1. The summed E-state index contributed by atoms with van der Waals surface area (Å²) in [6, 6.07) is 0. The number of piperidine rings is 1. The molecule has 2 aromatic heterocycles. The van der Waals surface area contributed by atoms with Gasteiger partial charge in [0.1, 0.15) is 0 Å². The summed E-state index contributed by atoms with van der Waals surface area (Å²) in [4.78, 5) is 19.7. The molecule has 0 aromatic carbocycles. The number of carbonyl (C=O) groups excluding carboxylic acids is 1. The van der Waals surface area contributed by atoms with Crippen LogP contribution in [-0.4, -0.2) is 45.0 Å². The molecule has 0 spiro atoms. The van der Waals surface area contributed by atoms with Crippen molar-refractivity contribution in [3.05, 3.63) is 23.5 Å². The van der Waals surface area contributed by atoms with E-state index in [4.69, 9.17) is 0 Å². The van der Waals surface area contributed by atoms with Crippen LogP contribution in [0, 0.1) is 5.41 Å². The number of rotatable bonds is 4. The van der Waals surface area contributed by atoms with Gasteiger partial charge in [-0.2, -0.15) is 0 Å². The van der Waals surface area contributed by atoms with E-state index >= 15 is 0 Å². The van der Waals surface area contributed by atoms with E-state index in [9.17, 15) is 9.90 Å². The van der Waals surface area contributed by atoms with Crippen molar-refractivity contribution < 1.29 is 9.90 Å². The van der Waals surface area contributed by atoms with Crippen LogP contribution in [0.2, 0.25) is 0 Å². The number of nitrogens with zero attached hydrogens (tertiary/aromatic N) is 3. The summed E-state index contributed by atoms with van der Waals surface area (Å²) in [5.74, 6) is 0.142. The van der Waals surface area contributed by atoms with Crippen LogP contribution in [0.4, 0.5) is 0 Å². The number of fused-ring (bicyclic) bond motifs is 1. The lowest BCUT2D eigenvalue weighted by Crippen LogP contribution is -2.45. The summed E-state index contributed by atoms with van der Waals surface area (Å²) in [5.41, 5.74) is 0.856. The zero-order valence-electron chi connectivity index (χ0n) is 12.3. The maximum absolute atomic E-state index is 12.4. The van der Waals surface area contributed by atoms with E-state index in [1.165, 1.54) is 0 Å². The summed E-state index contributed by atoms with van der Waals surface area (Å²) in [6.07, 6.45) is 7.01. The highest BCUT2D eigenvalue weighted by atomic mass is 32.1. The van der Waals surface area contributed by atoms with Crippen LogP contribution >= 0.6 is 11.3 Å². The third kappa shape index (κ3) is 2.82. The van der Waals surface area contributed by atoms with E-state index in [0.29, 0.717) is 6.42 Å². The SMILES string of the molecule is CCC1(CO)CCN(C(=O)Cc2cn3ccsc3n2)CC1. The van der Waals surface area contributed by atoms with E-state index in [1.54, 1.807) is 11.3 Å². The van der Waals surface area contributed by atoms with Gasteiger partial charge in [-0.1, -0.05) is 6.92 Å². The predicted octanol–water partition coefficient (Wildman–Crippen LogP) is 1.95. The first-order valence-corrected chi connectivity index (χ1v) is 8.33. The number of thiazole rings is 1. The predicted molar refractivity (Wildman–Crippen MR) is 82.4 cm³/mol. The maximum atomic E-state index is 12.4. The van der Waals surface area contributed by atoms with Gasteiger partial charge in [0.2, 0.25) is 5.91 Å². The van der Waals surface area contributed by atoms with Crippen LogP contribution < -0.4 is 0 Å². The molecule has 0 bridgehead atoms. The molecule has 0 radical (unpaired) electrons. The number of hydrogen-bond donors (Lipinski definition) is 1. The van der Waals surface area contributed by atoms with Crippen molar-refractivity contribution in [1.82, 2.24) is 14.3 Å². The first-order chi connectivity index (χ1) is 10.2. The van der Waals surface area contributed by atoms with Gasteiger partial charge in [-0.3, -0.25) is 9.20 Å². The Bertz CT molecular complexity index is 591. The fraction of sp³-hybridized carbons (Fsp3) is 0.600. The highest BCUT2D eigenvalue weighted by Gasteiger charge is 2.33. The summed E-state index contributed by atoms with van der Waals surface area (Å²) in [6.45, 7) is 3.83. The normalized spacial score (nSPS) is 18.3. The highest BCUT2D eigenvalue weighted by Crippen LogP contribution is 2.34. The minimum absolute atomic E-state index is 0.0216. The molecular formula is C15H21N3O2S. The average Bonchev–Trinajstić information content (AvgIpc) is 3.08. The number of amides is 1. The zero-order chi connectivity index (χ0) is 14.9. The summed E-state index contributed by atoms with van der Waals surface area (Å²) in [5, 5.41) is 11.5. The minimum atomic E-state index is 0.0216. The Hall–Kier alpha value is -1.40. The molecule has 0 saturated carbocycles. The second-order valence-electron chi connectivity index (χ2n) is 5.89. The molecule has 1 aliphatic heterocycles. The Morgan fingerprint density at radius 3 is 2.86 bits per heavy atom. The van der Waals surface area contributed by atoms with Crippen LogP contribution in [0.15, 0.2) is 17.8 Å². The van der Waals surface area contributed by atoms with Crippen molar-refractivity contribution in [2.75, 3.05) is 19.7 Å². The van der Waals surface area contributed by atoms with Gasteiger partial charge in [-0.05, 0) is 24.7 Å². The zero-order valence-corrected chi connectivity index (χ0v) is 13.1. The molecule has 3 rings (SSSR count). The number of aromatic nitrogens is 2. The molecule has 0 aliphatic carbocycles. The Morgan fingerprint density at radius 1 is 1.48 bits per heavy atom. The molecule has 1 amide bonds. The quantitative estimate of drug-likeness (QED) is 0.939. The van der Waals surface area contributed by atoms with Gasteiger partial charge in [0.05, 0.1) is 12.1 Å². The average molecular weight is 307 g/mol. The summed E-state index contributed by atoms with van der Waals surface area (Å²) in [7, 11) is 0. The molecule has 1 aliphatic rings. The van der Waals surface area contributed by atoms with E-state index in [1.807, 2.05) is 27.1 Å². The van der Waals surface area contributed by atoms with Gasteiger partial charge in [0.25, 0.3) is 0 Å². The second-order valence-corrected chi connectivity index (χ2v) is 6.77. The third-order valence-corrected chi connectivity index (χ3v) is 5.51. The summed E-state index contributed by atoms with van der Waals surface area (Å²) < 4.78 is 1.96. The molecular weight excluding hydrogens is 286 g/mol. The van der Waals surface area contributed by atoms with Crippen molar-refractivity contribution in [3.63, 3.8) is 0 Å². The van der Waals surface area contributed by atoms with Gasteiger partial charge in [0.15, 0.2) is 4.96 Å². The fourth-order valence-corrected chi connectivity index (χ4v) is 3.70. The standard InChI is InChI=1S/C15H21N3O2S/c1-2-15(11-19)3-5-17(6-4-15)13(20)9-12-10-18-7-8-21-14(18)16-12/h7-8,10,19H,2-6,9,11H2,1H3. The number of aliphatic hydroxyl groups excluding tert-OH is 1. The monoisotopic (exact) mass is 307 g/mol. The molecule has 5 nitrogen and oxygen atoms in total. The lowest BCUT2D eigenvalue weighted by Gasteiger charge is -2.40. The van der Waals surface area contributed by atoms with Crippen molar-refractivity contribution >= 4 is 22.2 Å². The second kappa shape index (κ2) is 5.77. The summed E-state index contributed by atoms with van der Waals surface area (Å²) >= 11 is 1.58. The van der Waals surface area contributed by atoms with Crippen LogP contribution in [-0.2, 0) is 11.2 Å². The molecule has 114 valence electrons. The number of imidazole rings is 1. The van der Waals surface area contributed by atoms with E-state index in [2.05, 4.69) is 11.9 Å². The van der Waals surface area contributed by atoms with Gasteiger partial charge >= 0.3 is 0 Å². The Kier molecular flexibility index (Phi) is 3.99. The molecule has 6 heteroatoms. The van der Waals surface area contributed by atoms with Gasteiger partial charge in [-0.25, -0.2) is 4.98 Å². The first-order valence-electron chi connectivity index (χ1n) is 7.45. The Morgan fingerprint density at radius 2 is 2.24 bits per heavy atom. The lowest BCUT2D eigenvalue weighted by atomic mass is 9.77. The van der Waals surface area contributed by atoms with Crippen molar-refractivity contribution in [2.24, 2.45) is 5.41 Å². The molecule has 1 fully saturated rings. The van der Waals surface area contributed by atoms with Gasteiger partial charge in [0, 0.05) is 37.5 Å². The van der Waals surface area contributed by atoms with E-state index in [0.717, 1.165) is 43.0 Å². The molecule has 0 atom stereocenters. The van der Waals surface area contributed by atoms with E-state index < -0.39 is 0 Å². The number of likely N-dealkylation sites (tertiary alicyclic amines) is 1. The lowest BCUT2D eigenvalue weighted by molar-refractivity contribution is -0.133. The topological polar surface area (TPSA) is 57.8 Å². The number of carbonyl (C=O) groups is 1. The third-order valence-electron chi connectivity index (χ3n) is 4.74. The van der Waals surface area contributed by atoms with Gasteiger partial charge in [-0.15, -0.1) is 11.3 Å². The van der Waals surface area contributed by atoms with Crippen LogP contribution in [0.25, 0.3) is 4.96 Å². The highest BCUT2D eigenvalue weighted by molar-refractivity contribution is 7.15. The Labute approximate surface area is 128 Å². The molecule has 0 unspecified atom stereocenters. The molecule has 1 N–H and O–H groups in total. The molecule has 2 aromatic rings. The Balaban J connectivity index is 1.60. The first kappa shape index (κ1) is 14.5. The number of hydrogen-bond acceptors (Lipinski definition) is 4. The van der Waals surface area contributed by atoms with Crippen molar-refractivity contribution in [3.8, 4) is 0 Å². The van der Waals surface area contributed by atoms with E-state index in [-0.39, 0.29) is 17.9 Å². The van der Waals surface area contributed by atoms with Gasteiger partial charge < -0.3 is 10.0 Å². The smallest absolute Gasteiger partial charge is 0.228 e. The maximum Gasteiger partial charge on any atom is 0.228 e. The molecule has 3 heterocycles. The minimum Gasteiger partial charge on any atom is -0.396 e.